The van der Waals surface area contributed by atoms with Crippen molar-refractivity contribution in [1.82, 2.24) is 4.57 Å². The van der Waals surface area contributed by atoms with Crippen molar-refractivity contribution < 1.29 is 18.7 Å². The van der Waals surface area contributed by atoms with Crippen LogP contribution in [0.4, 0.5) is 4.39 Å². The number of hydrogen-bond acceptors (Lipinski definition) is 6. The fourth-order valence-electron chi connectivity index (χ4n) is 4.56. The summed E-state index contributed by atoms with van der Waals surface area (Å²) in [5.74, 6) is -0.300. The molecule has 0 aliphatic carbocycles. The van der Waals surface area contributed by atoms with Gasteiger partial charge >= 0.3 is 5.97 Å². The summed E-state index contributed by atoms with van der Waals surface area (Å²) in [6, 6.07) is 19.1. The van der Waals surface area contributed by atoms with Crippen molar-refractivity contribution in [2.75, 3.05) is 7.11 Å². The zero-order chi connectivity index (χ0) is 28.4. The number of halogens is 3. The van der Waals surface area contributed by atoms with Gasteiger partial charge in [-0.05, 0) is 81.4 Å². The number of benzene rings is 3. The Morgan fingerprint density at radius 3 is 2.55 bits per heavy atom. The first kappa shape index (κ1) is 28.7. The number of fused-ring (bicyclic) bond motifs is 1. The van der Waals surface area contributed by atoms with E-state index in [1.807, 2.05) is 49.4 Å². The predicted octanol–water partition coefficient (Wildman–Crippen LogP) is 5.73. The van der Waals surface area contributed by atoms with Crippen molar-refractivity contribution >= 4 is 68.6 Å². The van der Waals surface area contributed by atoms with E-state index in [1.165, 1.54) is 24.5 Å². The van der Waals surface area contributed by atoms with E-state index in [-0.39, 0.29) is 18.0 Å². The minimum Gasteiger partial charge on any atom is -0.487 e. The second-order valence-corrected chi connectivity index (χ2v) is 12.3. The van der Waals surface area contributed by atoms with Gasteiger partial charge in [-0.2, -0.15) is 0 Å². The Kier molecular flexibility index (Phi) is 8.86. The molecular formula is C30H23FI2N2O4S. The zero-order valence-electron chi connectivity index (χ0n) is 21.5. The Morgan fingerprint density at radius 2 is 1.85 bits per heavy atom. The maximum absolute atomic E-state index is 14.3. The fraction of sp³-hybridized carbons (Fsp3) is 0.167. The highest BCUT2D eigenvalue weighted by Gasteiger charge is 2.33. The van der Waals surface area contributed by atoms with Gasteiger partial charge in [-0.1, -0.05) is 66.8 Å². The maximum atomic E-state index is 14.3. The number of aromatic nitrogens is 1. The Labute approximate surface area is 261 Å². The third-order valence-corrected chi connectivity index (χ3v) is 8.83. The Morgan fingerprint density at radius 1 is 1.12 bits per heavy atom. The number of ether oxygens (including phenoxy) is 2. The highest BCUT2D eigenvalue weighted by atomic mass is 127. The quantitative estimate of drug-likeness (QED) is 0.178. The number of rotatable bonds is 7. The lowest BCUT2D eigenvalue weighted by Gasteiger charge is -2.25. The summed E-state index contributed by atoms with van der Waals surface area (Å²) in [5.41, 5.74) is 2.58. The number of esters is 1. The highest BCUT2D eigenvalue weighted by Crippen LogP contribution is 2.32. The van der Waals surface area contributed by atoms with Crippen LogP contribution < -0.4 is 19.6 Å². The van der Waals surface area contributed by atoms with Gasteiger partial charge in [0.25, 0.3) is 5.56 Å². The Bertz CT molecular complexity index is 1820. The molecule has 0 saturated heterocycles. The van der Waals surface area contributed by atoms with Gasteiger partial charge in [-0.15, -0.1) is 0 Å². The molecule has 0 amide bonds. The summed E-state index contributed by atoms with van der Waals surface area (Å²) < 4.78 is 29.3. The van der Waals surface area contributed by atoms with Gasteiger partial charge in [0.15, 0.2) is 4.80 Å². The summed E-state index contributed by atoms with van der Waals surface area (Å²) in [6.45, 7) is 1.97. The second-order valence-electron chi connectivity index (χ2n) is 8.88. The second kappa shape index (κ2) is 12.4. The van der Waals surface area contributed by atoms with Gasteiger partial charge in [-0.25, -0.2) is 14.2 Å². The van der Waals surface area contributed by atoms with Crippen LogP contribution >= 0.6 is 56.5 Å². The third-order valence-electron chi connectivity index (χ3n) is 6.42. The van der Waals surface area contributed by atoms with E-state index in [9.17, 15) is 14.0 Å². The lowest BCUT2D eigenvalue weighted by molar-refractivity contribution is -0.136. The van der Waals surface area contributed by atoms with E-state index < -0.39 is 12.0 Å². The molecule has 10 heteroatoms. The first-order valence-corrected chi connectivity index (χ1v) is 15.3. The largest absolute Gasteiger partial charge is 0.487 e. The summed E-state index contributed by atoms with van der Waals surface area (Å²) in [5, 5.41) is 0. The van der Waals surface area contributed by atoms with Crippen LogP contribution in [0.1, 0.15) is 36.1 Å². The van der Waals surface area contributed by atoms with Crippen molar-refractivity contribution in [1.29, 1.82) is 0 Å². The van der Waals surface area contributed by atoms with Crippen molar-refractivity contribution in [2.45, 2.75) is 26.0 Å². The lowest BCUT2D eigenvalue weighted by atomic mass is 9.95. The molecule has 3 aromatic carbocycles. The number of allylic oxidation sites excluding steroid dienone is 1. The van der Waals surface area contributed by atoms with Crippen molar-refractivity contribution in [3.05, 3.63) is 127 Å². The highest BCUT2D eigenvalue weighted by molar-refractivity contribution is 14.1. The van der Waals surface area contributed by atoms with E-state index in [1.54, 1.807) is 28.8 Å². The summed E-state index contributed by atoms with van der Waals surface area (Å²) in [7, 11) is 1.33. The SMILES string of the molecule is CCC1=C(C(=O)OC)[C@H](c2ccccc2)n2c(s/c(=C/c3cc(I)cc(I)c3OCc3ccccc3F)c2=O)=N1. The zero-order valence-corrected chi connectivity index (χ0v) is 26.6. The van der Waals surface area contributed by atoms with Crippen LogP contribution in [0, 0.1) is 13.0 Å². The molecule has 1 aliphatic heterocycles. The van der Waals surface area contributed by atoms with Crippen LogP contribution in [0.3, 0.4) is 0 Å². The molecule has 0 bridgehead atoms. The molecule has 2 heterocycles. The summed E-state index contributed by atoms with van der Waals surface area (Å²) in [4.78, 5) is 32.2. The van der Waals surface area contributed by atoms with Crippen LogP contribution in [0.25, 0.3) is 6.08 Å². The first-order valence-electron chi connectivity index (χ1n) is 12.4. The average Bonchev–Trinajstić information content (AvgIpc) is 3.26. The number of hydrogen-bond donors (Lipinski definition) is 0. The molecule has 0 fully saturated rings. The molecule has 5 rings (SSSR count). The van der Waals surface area contributed by atoms with Gasteiger partial charge in [-0.3, -0.25) is 9.36 Å². The molecule has 40 heavy (non-hydrogen) atoms. The maximum Gasteiger partial charge on any atom is 0.338 e. The van der Waals surface area contributed by atoms with Gasteiger partial charge in [0.1, 0.15) is 18.2 Å². The van der Waals surface area contributed by atoms with Crippen LogP contribution in [0.5, 0.6) is 5.75 Å². The van der Waals surface area contributed by atoms with Crippen molar-refractivity contribution in [2.24, 2.45) is 4.99 Å². The molecule has 0 saturated carbocycles. The predicted molar refractivity (Wildman–Crippen MR) is 169 cm³/mol. The molecular weight excluding hydrogens is 757 g/mol. The minimum atomic E-state index is -0.671. The van der Waals surface area contributed by atoms with Gasteiger partial charge in [0, 0.05) is 14.7 Å². The average molecular weight is 780 g/mol. The van der Waals surface area contributed by atoms with E-state index in [0.29, 0.717) is 43.9 Å². The monoisotopic (exact) mass is 780 g/mol. The number of thiazole rings is 1. The standard InChI is InChI=1S/C30H23FI2N2O4S/c1-3-23-25(29(37)38-2)26(17-9-5-4-6-10-17)35-28(36)24(40-30(35)34-23)14-19-13-20(32)15-22(33)27(19)39-16-18-11-7-8-12-21(18)31/h4-15,26H,3,16H2,1-2H3/b24-14+/t26-/m0/s1. The smallest absolute Gasteiger partial charge is 0.338 e. The van der Waals surface area contributed by atoms with Gasteiger partial charge < -0.3 is 9.47 Å². The number of carbonyl (C=O) groups is 1. The lowest BCUT2D eigenvalue weighted by Crippen LogP contribution is -2.40. The van der Waals surface area contributed by atoms with Crippen molar-refractivity contribution in [3.63, 3.8) is 0 Å². The molecule has 1 aliphatic rings. The molecule has 1 atom stereocenters. The molecule has 1 aromatic heterocycles. The van der Waals surface area contributed by atoms with Crippen LogP contribution in [-0.2, 0) is 16.1 Å². The van der Waals surface area contributed by atoms with Crippen molar-refractivity contribution in [3.8, 4) is 5.75 Å². The third kappa shape index (κ3) is 5.66. The molecule has 6 nitrogen and oxygen atoms in total. The summed E-state index contributed by atoms with van der Waals surface area (Å²) >= 11 is 5.65. The van der Waals surface area contributed by atoms with Gasteiger partial charge in [0.2, 0.25) is 0 Å². The number of nitrogens with zero attached hydrogens (tertiary/aromatic N) is 2. The molecule has 0 radical (unpaired) electrons. The fourth-order valence-corrected chi connectivity index (χ4v) is 7.62. The van der Waals surface area contributed by atoms with Gasteiger partial charge in [0.05, 0.1) is 32.5 Å². The molecule has 0 unspecified atom stereocenters. The van der Waals surface area contributed by atoms with E-state index in [0.717, 1.165) is 12.7 Å². The van der Waals surface area contributed by atoms with Crippen LogP contribution in [-0.4, -0.2) is 17.6 Å². The van der Waals surface area contributed by atoms with Crippen LogP contribution in [0.2, 0.25) is 0 Å². The normalized spacial score (nSPS) is 15.0. The molecule has 0 spiro atoms. The Hall–Kier alpha value is -2.84. The molecule has 4 aromatic rings. The Balaban J connectivity index is 1.67. The van der Waals surface area contributed by atoms with E-state index in [2.05, 4.69) is 45.2 Å². The minimum absolute atomic E-state index is 0.0434. The van der Waals surface area contributed by atoms with Crippen LogP contribution in [0.15, 0.2) is 87.8 Å². The summed E-state index contributed by atoms with van der Waals surface area (Å²) in [6.07, 6.45) is 2.28. The number of carbonyl (C=O) groups excluding carboxylic acids is 1. The van der Waals surface area contributed by atoms with E-state index >= 15 is 0 Å². The van der Waals surface area contributed by atoms with E-state index in [4.69, 9.17) is 14.5 Å². The first-order chi connectivity index (χ1) is 19.3. The number of methoxy groups -OCH3 is 1. The molecule has 0 N–H and O–H groups in total. The molecule has 204 valence electrons. The topological polar surface area (TPSA) is 69.9 Å².